The monoisotopic (exact) mass is 767 g/mol. The van der Waals surface area contributed by atoms with E-state index in [0.717, 1.165) is 78.2 Å². The molecule has 0 unspecified atom stereocenters. The van der Waals surface area contributed by atoms with Crippen molar-refractivity contribution in [2.24, 2.45) is 0 Å². The van der Waals surface area contributed by atoms with E-state index < -0.39 is 0 Å². The molecule has 0 bridgehead atoms. The Morgan fingerprint density at radius 3 is 1.58 bits per heavy atom. The van der Waals surface area contributed by atoms with Crippen LogP contribution < -0.4 is 4.90 Å². The second-order valence-electron chi connectivity index (χ2n) is 15.0. The minimum absolute atomic E-state index is 0.686. The summed E-state index contributed by atoms with van der Waals surface area (Å²) in [6.07, 6.45) is 0. The van der Waals surface area contributed by atoms with Gasteiger partial charge in [0, 0.05) is 44.5 Å². The van der Waals surface area contributed by atoms with Crippen LogP contribution in [0.25, 0.3) is 88.9 Å². The maximum atomic E-state index is 6.61. The third-order valence-corrected chi connectivity index (χ3v) is 11.3. The highest BCUT2D eigenvalue weighted by atomic mass is 16.3. The highest BCUT2D eigenvalue weighted by Crippen LogP contribution is 2.41. The van der Waals surface area contributed by atoms with E-state index in [-0.39, 0.29) is 0 Å². The van der Waals surface area contributed by atoms with Gasteiger partial charge in [-0.15, -0.1) is 0 Å². The first-order chi connectivity index (χ1) is 29.7. The Balaban J connectivity index is 0.975. The van der Waals surface area contributed by atoms with Crippen LogP contribution in [-0.2, 0) is 0 Å². The Morgan fingerprint density at radius 2 is 0.883 bits per heavy atom. The second-order valence-corrected chi connectivity index (χ2v) is 15.0. The van der Waals surface area contributed by atoms with Crippen LogP contribution in [0.2, 0.25) is 0 Å². The number of hydrogen-bond acceptors (Lipinski definition) is 4. The van der Waals surface area contributed by atoms with Gasteiger partial charge in [0.25, 0.3) is 0 Å². The van der Waals surface area contributed by atoms with Gasteiger partial charge < -0.3 is 9.32 Å². The Hall–Kier alpha value is -8.08. The number of nitrogens with zero attached hydrogens (tertiary/aromatic N) is 3. The molecule has 11 rings (SSSR count). The maximum absolute atomic E-state index is 6.61. The second kappa shape index (κ2) is 15.0. The predicted octanol–water partition coefficient (Wildman–Crippen LogP) is 15.3. The van der Waals surface area contributed by atoms with E-state index in [1.807, 2.05) is 36.4 Å². The molecule has 60 heavy (non-hydrogen) atoms. The first kappa shape index (κ1) is 35.1. The molecule has 2 aromatic heterocycles. The molecule has 0 saturated carbocycles. The summed E-state index contributed by atoms with van der Waals surface area (Å²) in [5.41, 5.74) is 14.2. The van der Waals surface area contributed by atoms with Gasteiger partial charge in [0.15, 0.2) is 5.82 Å². The fourth-order valence-electron chi connectivity index (χ4n) is 8.28. The molecule has 9 aromatic carbocycles. The van der Waals surface area contributed by atoms with Crippen LogP contribution in [0.5, 0.6) is 0 Å². The van der Waals surface area contributed by atoms with Crippen LogP contribution in [-0.4, -0.2) is 9.97 Å². The molecule has 0 amide bonds. The summed E-state index contributed by atoms with van der Waals surface area (Å²) in [4.78, 5) is 12.4. The Bertz CT molecular complexity index is 3230. The minimum atomic E-state index is 0.686. The number of aromatic nitrogens is 2. The Labute approximate surface area is 348 Å². The van der Waals surface area contributed by atoms with E-state index >= 15 is 0 Å². The van der Waals surface area contributed by atoms with E-state index in [0.29, 0.717) is 5.82 Å². The average Bonchev–Trinajstić information content (AvgIpc) is 3.71. The molecule has 0 aliphatic rings. The van der Waals surface area contributed by atoms with Crippen molar-refractivity contribution in [2.45, 2.75) is 0 Å². The van der Waals surface area contributed by atoms with Crippen molar-refractivity contribution in [1.82, 2.24) is 9.97 Å². The molecule has 0 N–H and O–H groups in total. The fourth-order valence-corrected chi connectivity index (χ4v) is 8.28. The van der Waals surface area contributed by atoms with Gasteiger partial charge in [-0.05, 0) is 93.7 Å². The number of hydrogen-bond donors (Lipinski definition) is 0. The maximum Gasteiger partial charge on any atom is 0.160 e. The molecule has 0 radical (unpaired) electrons. The van der Waals surface area contributed by atoms with Gasteiger partial charge in [0.2, 0.25) is 0 Å². The van der Waals surface area contributed by atoms with Crippen LogP contribution in [0.1, 0.15) is 0 Å². The summed E-state index contributed by atoms with van der Waals surface area (Å²) < 4.78 is 6.61. The summed E-state index contributed by atoms with van der Waals surface area (Å²) in [5.74, 6) is 0.686. The average molecular weight is 768 g/mol. The van der Waals surface area contributed by atoms with Crippen molar-refractivity contribution < 1.29 is 4.42 Å². The van der Waals surface area contributed by atoms with E-state index in [2.05, 4.69) is 193 Å². The molecule has 0 aliphatic carbocycles. The van der Waals surface area contributed by atoms with Gasteiger partial charge in [0.1, 0.15) is 11.2 Å². The summed E-state index contributed by atoms with van der Waals surface area (Å²) in [5, 5.41) is 4.57. The van der Waals surface area contributed by atoms with Crippen molar-refractivity contribution >= 4 is 49.8 Å². The molecule has 0 atom stereocenters. The number of anilines is 3. The summed E-state index contributed by atoms with van der Waals surface area (Å²) in [7, 11) is 0. The van der Waals surface area contributed by atoms with Gasteiger partial charge in [-0.25, -0.2) is 9.97 Å². The number of furan rings is 1. The van der Waals surface area contributed by atoms with Crippen LogP contribution in [0.15, 0.2) is 229 Å². The predicted molar refractivity (Wildman–Crippen MR) is 249 cm³/mol. The number of fused-ring (bicyclic) bond motifs is 4. The third kappa shape index (κ3) is 6.56. The number of rotatable bonds is 8. The summed E-state index contributed by atoms with van der Waals surface area (Å²) >= 11 is 0. The molecule has 0 aliphatic heterocycles. The molecule has 0 spiro atoms. The van der Waals surface area contributed by atoms with E-state index in [4.69, 9.17) is 14.4 Å². The standard InChI is InChI=1S/C56H37N3O/c1-4-13-38(14-5-1)40-23-29-46(30-24-40)59(48-33-25-39-15-10-11-20-44(39)35-48)47-31-26-41(27-32-47)49-21-12-22-53-55(49)50-34-28-45(36-54(50)60-53)52-37-51(42-16-6-2-7-17-42)57-56(58-52)43-18-8-3-9-19-43/h1-37H. The van der Waals surface area contributed by atoms with Crippen LogP contribution in [0.4, 0.5) is 17.1 Å². The first-order valence-corrected chi connectivity index (χ1v) is 20.2. The molecule has 0 saturated heterocycles. The SMILES string of the molecule is c1ccc(-c2ccc(N(c3ccc(-c4cccc5oc6cc(-c7cc(-c8ccccc8)nc(-c8ccccc8)n7)ccc6c45)cc3)c3ccc4ccccc4c3)cc2)cc1. The van der Waals surface area contributed by atoms with Gasteiger partial charge >= 0.3 is 0 Å². The Morgan fingerprint density at radius 1 is 0.333 bits per heavy atom. The van der Waals surface area contributed by atoms with Crippen LogP contribution >= 0.6 is 0 Å². The van der Waals surface area contributed by atoms with E-state index in [1.165, 1.54) is 21.9 Å². The largest absolute Gasteiger partial charge is 0.456 e. The normalized spacial score (nSPS) is 11.3. The van der Waals surface area contributed by atoms with Crippen molar-refractivity contribution in [3.8, 4) is 56.2 Å². The summed E-state index contributed by atoms with van der Waals surface area (Å²) in [6, 6.07) is 78.7. The molecule has 4 heteroatoms. The lowest BCUT2D eigenvalue weighted by atomic mass is 9.98. The lowest BCUT2D eigenvalue weighted by Gasteiger charge is -2.26. The van der Waals surface area contributed by atoms with Crippen molar-refractivity contribution in [1.29, 1.82) is 0 Å². The summed E-state index contributed by atoms with van der Waals surface area (Å²) in [6.45, 7) is 0. The fraction of sp³-hybridized carbons (Fsp3) is 0. The van der Waals surface area contributed by atoms with E-state index in [9.17, 15) is 0 Å². The zero-order chi connectivity index (χ0) is 39.8. The molecule has 4 nitrogen and oxygen atoms in total. The third-order valence-electron chi connectivity index (χ3n) is 11.3. The highest BCUT2D eigenvalue weighted by Gasteiger charge is 2.18. The lowest BCUT2D eigenvalue weighted by molar-refractivity contribution is 0.669. The van der Waals surface area contributed by atoms with Crippen LogP contribution in [0, 0.1) is 0 Å². The minimum Gasteiger partial charge on any atom is -0.456 e. The zero-order valence-corrected chi connectivity index (χ0v) is 32.6. The molecular formula is C56H37N3O. The zero-order valence-electron chi connectivity index (χ0n) is 32.6. The van der Waals surface area contributed by atoms with Crippen LogP contribution in [0.3, 0.4) is 0 Å². The topological polar surface area (TPSA) is 42.2 Å². The van der Waals surface area contributed by atoms with Crippen molar-refractivity contribution in [2.75, 3.05) is 4.90 Å². The van der Waals surface area contributed by atoms with Crippen molar-refractivity contribution in [3.05, 3.63) is 224 Å². The smallest absolute Gasteiger partial charge is 0.160 e. The van der Waals surface area contributed by atoms with E-state index in [1.54, 1.807) is 0 Å². The molecular weight excluding hydrogens is 731 g/mol. The van der Waals surface area contributed by atoms with Crippen molar-refractivity contribution in [3.63, 3.8) is 0 Å². The molecule has 2 heterocycles. The highest BCUT2D eigenvalue weighted by molar-refractivity contribution is 6.13. The molecule has 282 valence electrons. The molecule has 11 aromatic rings. The van der Waals surface area contributed by atoms with Gasteiger partial charge in [-0.3, -0.25) is 0 Å². The van der Waals surface area contributed by atoms with Gasteiger partial charge in [-0.2, -0.15) is 0 Å². The van der Waals surface area contributed by atoms with Gasteiger partial charge in [0.05, 0.1) is 11.4 Å². The number of benzene rings is 9. The molecule has 0 fully saturated rings. The lowest BCUT2D eigenvalue weighted by Crippen LogP contribution is -2.09. The van der Waals surface area contributed by atoms with Gasteiger partial charge in [-0.1, -0.05) is 164 Å². The quantitative estimate of drug-likeness (QED) is 0.154. The Kier molecular flexibility index (Phi) is 8.79. The first-order valence-electron chi connectivity index (χ1n) is 20.2.